The first kappa shape index (κ1) is 20.9. The molecule has 1 aliphatic heterocycles. The maximum absolute atomic E-state index is 13.8. The molecule has 3 unspecified atom stereocenters. The third kappa shape index (κ3) is 3.99. The molecule has 10 heteroatoms. The average Bonchev–Trinajstić information content (AvgIpc) is 3.20. The van der Waals surface area contributed by atoms with Crippen LogP contribution in [0.15, 0.2) is 54.4 Å². The van der Waals surface area contributed by atoms with E-state index < -0.39 is 35.7 Å². The van der Waals surface area contributed by atoms with E-state index in [0.29, 0.717) is 5.75 Å². The third-order valence-corrected chi connectivity index (χ3v) is 5.34. The van der Waals surface area contributed by atoms with Crippen molar-refractivity contribution in [3.63, 3.8) is 0 Å². The zero-order valence-electron chi connectivity index (χ0n) is 14.9. The van der Waals surface area contributed by atoms with E-state index in [9.17, 15) is 27.9 Å². The second kappa shape index (κ2) is 7.88. The summed E-state index contributed by atoms with van der Waals surface area (Å²) in [6.07, 6.45) is -3.76. The van der Waals surface area contributed by atoms with Crippen LogP contribution < -0.4 is 15.4 Å². The van der Waals surface area contributed by atoms with Crippen LogP contribution in [0.1, 0.15) is 21.3 Å². The molecule has 0 radical (unpaired) electrons. The highest BCUT2D eigenvalue weighted by molar-refractivity contribution is 7.12. The second-order valence-corrected chi connectivity index (χ2v) is 7.28. The quantitative estimate of drug-likeness (QED) is 0.488. The molecule has 1 aromatic heterocycles. The molecule has 29 heavy (non-hydrogen) atoms. The predicted molar refractivity (Wildman–Crippen MR) is 99.7 cm³/mol. The molecule has 0 aliphatic carbocycles. The average molecular weight is 426 g/mol. The van der Waals surface area contributed by atoms with Crippen LogP contribution in [0.2, 0.25) is 0 Å². The van der Waals surface area contributed by atoms with Crippen molar-refractivity contribution in [1.29, 1.82) is 0 Å². The minimum Gasteiger partial charge on any atom is -0.490 e. The van der Waals surface area contributed by atoms with Gasteiger partial charge in [-0.3, -0.25) is 4.79 Å². The lowest BCUT2D eigenvalue weighted by Gasteiger charge is -2.44. The van der Waals surface area contributed by atoms with Gasteiger partial charge in [-0.05, 0) is 29.1 Å². The number of carbonyl (C=O) groups is 2. The molecule has 154 valence electrons. The van der Waals surface area contributed by atoms with Gasteiger partial charge in [0, 0.05) is 0 Å². The minimum atomic E-state index is -5.28. The molecule has 2 heterocycles. The number of carbonyl (C=O) groups excluding carboxylic acids is 2. The molecule has 3 atom stereocenters. The highest BCUT2D eigenvalue weighted by Crippen LogP contribution is 2.44. The van der Waals surface area contributed by atoms with E-state index >= 15 is 0 Å². The number of urea groups is 1. The summed E-state index contributed by atoms with van der Waals surface area (Å²) in [4.78, 5) is 24.9. The van der Waals surface area contributed by atoms with Gasteiger partial charge in [0.25, 0.3) is 0 Å². The summed E-state index contributed by atoms with van der Waals surface area (Å²) in [5, 5.41) is 15.8. The van der Waals surface area contributed by atoms with Gasteiger partial charge in [-0.25, -0.2) is 4.79 Å². The first-order chi connectivity index (χ1) is 13.7. The van der Waals surface area contributed by atoms with Crippen molar-refractivity contribution < 1.29 is 32.6 Å². The lowest BCUT2D eigenvalue weighted by atomic mass is 9.78. The van der Waals surface area contributed by atoms with Gasteiger partial charge in [0.1, 0.15) is 18.3 Å². The van der Waals surface area contributed by atoms with Crippen LogP contribution in [0.5, 0.6) is 5.75 Å². The largest absolute Gasteiger partial charge is 0.490 e. The summed E-state index contributed by atoms with van der Waals surface area (Å²) >= 11 is 0.948. The Balaban J connectivity index is 2.05. The number of alkyl halides is 3. The Labute approximate surface area is 168 Å². The van der Waals surface area contributed by atoms with Crippen LogP contribution >= 0.6 is 11.3 Å². The summed E-state index contributed by atoms with van der Waals surface area (Å²) in [5.41, 5.74) is -3.53. The van der Waals surface area contributed by atoms with Crippen molar-refractivity contribution >= 4 is 23.2 Å². The van der Waals surface area contributed by atoms with Gasteiger partial charge < -0.3 is 20.5 Å². The number of ketones is 1. The number of rotatable bonds is 6. The number of benzene rings is 1. The summed E-state index contributed by atoms with van der Waals surface area (Å²) in [6.45, 7) is 3.75. The number of Topliss-reactive ketones (excluding diaryl/α,β-unsaturated/α-hetero) is 1. The van der Waals surface area contributed by atoms with Crippen LogP contribution in [0.3, 0.4) is 0 Å². The Morgan fingerprint density at radius 1 is 1.31 bits per heavy atom. The summed E-state index contributed by atoms with van der Waals surface area (Å²) in [5.74, 6) is -2.55. The lowest BCUT2D eigenvalue weighted by Crippen LogP contribution is -2.72. The first-order valence-electron chi connectivity index (χ1n) is 8.46. The molecule has 0 saturated carbocycles. The molecule has 0 spiro atoms. The monoisotopic (exact) mass is 426 g/mol. The Kier molecular flexibility index (Phi) is 5.67. The van der Waals surface area contributed by atoms with E-state index in [2.05, 4.69) is 11.9 Å². The number of amides is 2. The molecule has 3 N–H and O–H groups in total. The zero-order chi connectivity index (χ0) is 21.2. The van der Waals surface area contributed by atoms with Gasteiger partial charge in [-0.2, -0.15) is 13.2 Å². The van der Waals surface area contributed by atoms with Gasteiger partial charge in [-0.15, -0.1) is 11.3 Å². The molecule has 2 aromatic rings. The predicted octanol–water partition coefficient (Wildman–Crippen LogP) is 3.42. The molecule has 0 bridgehead atoms. The summed E-state index contributed by atoms with van der Waals surface area (Å²) in [7, 11) is 0. The fourth-order valence-corrected chi connectivity index (χ4v) is 3.82. The Morgan fingerprint density at radius 3 is 2.55 bits per heavy atom. The van der Waals surface area contributed by atoms with E-state index in [-0.39, 0.29) is 17.0 Å². The highest BCUT2D eigenvalue weighted by Gasteiger charge is 2.66. The molecule has 1 aliphatic rings. The van der Waals surface area contributed by atoms with Gasteiger partial charge in [0.05, 0.1) is 10.9 Å². The number of nitrogens with one attached hydrogen (secondary N) is 2. The van der Waals surface area contributed by atoms with E-state index in [0.717, 1.165) is 11.3 Å². The van der Waals surface area contributed by atoms with E-state index in [1.54, 1.807) is 0 Å². The van der Waals surface area contributed by atoms with Crippen molar-refractivity contribution in [1.82, 2.24) is 10.6 Å². The Bertz CT molecular complexity index is 899. The molecule has 3 rings (SSSR count). The van der Waals surface area contributed by atoms with Crippen molar-refractivity contribution in [2.24, 2.45) is 5.92 Å². The van der Waals surface area contributed by atoms with E-state index in [4.69, 9.17) is 4.74 Å². The number of halogens is 3. The normalized spacial score (nSPS) is 24.3. The number of thiophene rings is 1. The first-order valence-corrected chi connectivity index (χ1v) is 9.34. The van der Waals surface area contributed by atoms with Crippen molar-refractivity contribution in [3.8, 4) is 5.75 Å². The number of ether oxygens (including phenoxy) is 1. The van der Waals surface area contributed by atoms with Gasteiger partial charge in [0.15, 0.2) is 5.78 Å². The second-order valence-electron chi connectivity index (χ2n) is 6.33. The van der Waals surface area contributed by atoms with E-state index in [1.807, 2.05) is 0 Å². The van der Waals surface area contributed by atoms with Crippen LogP contribution in [0.4, 0.5) is 18.0 Å². The summed E-state index contributed by atoms with van der Waals surface area (Å²) in [6, 6.07) is 6.07. The Hall–Kier alpha value is -2.85. The van der Waals surface area contributed by atoms with E-state index in [1.165, 1.54) is 53.2 Å². The third-order valence-electron chi connectivity index (χ3n) is 4.46. The van der Waals surface area contributed by atoms with Crippen molar-refractivity contribution in [3.05, 3.63) is 64.9 Å². The highest BCUT2D eigenvalue weighted by atomic mass is 32.1. The van der Waals surface area contributed by atoms with Crippen LogP contribution in [0, 0.1) is 5.92 Å². The standard InChI is InChI=1S/C19H17F3N2O4S/c1-2-9-28-12-7-5-11(6-8-12)15-14(16(25)13-4-3-10-29-13)18(27,19(20,21)22)24-17(26)23-15/h2-8,10,14-15,27H,1,9H2,(H2,23,24,26). The number of hydrogen-bond acceptors (Lipinski definition) is 5. The number of hydrogen-bond donors (Lipinski definition) is 3. The van der Waals surface area contributed by atoms with Crippen molar-refractivity contribution in [2.45, 2.75) is 17.9 Å². The van der Waals surface area contributed by atoms with Gasteiger partial charge >= 0.3 is 12.2 Å². The fraction of sp³-hybridized carbons (Fsp3) is 0.263. The molecule has 1 fully saturated rings. The number of aliphatic hydroxyl groups is 1. The van der Waals surface area contributed by atoms with Gasteiger partial charge in [-0.1, -0.05) is 30.9 Å². The maximum Gasteiger partial charge on any atom is 0.437 e. The SMILES string of the molecule is C=CCOc1ccc(C2NC(=O)NC(O)(C(F)(F)F)C2C(=O)c2cccs2)cc1. The molecule has 2 amide bonds. The van der Waals surface area contributed by atoms with Crippen molar-refractivity contribution in [2.75, 3.05) is 6.61 Å². The fourth-order valence-electron chi connectivity index (χ4n) is 3.12. The van der Waals surface area contributed by atoms with Crippen LogP contribution in [-0.4, -0.2) is 35.4 Å². The molecular formula is C19H17F3N2O4S. The Morgan fingerprint density at radius 2 is 2.00 bits per heavy atom. The topological polar surface area (TPSA) is 87.7 Å². The maximum atomic E-state index is 13.8. The minimum absolute atomic E-state index is 0.0339. The molecular weight excluding hydrogens is 409 g/mol. The lowest BCUT2D eigenvalue weighted by molar-refractivity contribution is -0.287. The molecule has 1 aromatic carbocycles. The van der Waals surface area contributed by atoms with Gasteiger partial charge in [0.2, 0.25) is 5.72 Å². The summed E-state index contributed by atoms with van der Waals surface area (Å²) < 4.78 is 46.7. The van der Waals surface area contributed by atoms with Crippen LogP contribution in [-0.2, 0) is 0 Å². The zero-order valence-corrected chi connectivity index (χ0v) is 15.7. The smallest absolute Gasteiger partial charge is 0.437 e. The van der Waals surface area contributed by atoms with Crippen LogP contribution in [0.25, 0.3) is 0 Å². The molecule has 1 saturated heterocycles. The molecule has 6 nitrogen and oxygen atoms in total.